The standard InChI is InChI=1S/C11H18N4O3S/c1-8(11(16)13-2)7-15(3)19(17,18)9-5-4-6-14-10(9)12/h4-6,8H,7H2,1-3H3,(H2,12,14)(H,13,16). The fraction of sp³-hybridized carbons (Fsp3) is 0.455. The normalized spacial score (nSPS) is 13.3. The molecule has 1 amide bonds. The van der Waals surface area contributed by atoms with Gasteiger partial charge in [-0.05, 0) is 12.1 Å². The molecule has 0 radical (unpaired) electrons. The Morgan fingerprint density at radius 1 is 1.58 bits per heavy atom. The molecule has 0 spiro atoms. The summed E-state index contributed by atoms with van der Waals surface area (Å²) in [5.74, 6) is -0.731. The zero-order chi connectivity index (χ0) is 14.6. The van der Waals surface area contributed by atoms with Crippen molar-refractivity contribution >= 4 is 21.7 Å². The van der Waals surface area contributed by atoms with Crippen molar-refractivity contribution in [1.29, 1.82) is 0 Å². The van der Waals surface area contributed by atoms with Gasteiger partial charge >= 0.3 is 0 Å². The van der Waals surface area contributed by atoms with Crippen molar-refractivity contribution in [3.8, 4) is 0 Å². The Morgan fingerprint density at radius 3 is 2.74 bits per heavy atom. The van der Waals surface area contributed by atoms with Crippen molar-refractivity contribution in [1.82, 2.24) is 14.6 Å². The molecule has 0 aliphatic rings. The number of carbonyl (C=O) groups is 1. The number of nitrogens with two attached hydrogens (primary N) is 1. The van der Waals surface area contributed by atoms with Gasteiger partial charge in [0.25, 0.3) is 0 Å². The van der Waals surface area contributed by atoms with E-state index in [-0.39, 0.29) is 23.2 Å². The molecule has 0 saturated heterocycles. The lowest BCUT2D eigenvalue weighted by molar-refractivity contribution is -0.124. The first-order valence-electron chi connectivity index (χ1n) is 5.69. The molecule has 1 rings (SSSR count). The second-order valence-electron chi connectivity index (χ2n) is 4.19. The number of nitrogen functional groups attached to an aromatic ring is 1. The second kappa shape index (κ2) is 5.98. The van der Waals surface area contributed by atoms with E-state index in [1.54, 1.807) is 6.92 Å². The molecule has 106 valence electrons. The molecular formula is C11H18N4O3S. The number of sulfonamides is 1. The Labute approximate surface area is 112 Å². The van der Waals surface area contributed by atoms with Crippen molar-refractivity contribution in [3.63, 3.8) is 0 Å². The molecular weight excluding hydrogens is 268 g/mol. The van der Waals surface area contributed by atoms with Crippen LogP contribution in [-0.4, -0.2) is 44.3 Å². The van der Waals surface area contributed by atoms with E-state index in [1.807, 2.05) is 0 Å². The highest BCUT2D eigenvalue weighted by atomic mass is 32.2. The molecule has 1 unspecified atom stereocenters. The van der Waals surface area contributed by atoms with Gasteiger partial charge < -0.3 is 11.1 Å². The van der Waals surface area contributed by atoms with Crippen LogP contribution in [-0.2, 0) is 14.8 Å². The lowest BCUT2D eigenvalue weighted by Crippen LogP contribution is -2.37. The van der Waals surface area contributed by atoms with Gasteiger partial charge in [-0.15, -0.1) is 0 Å². The van der Waals surface area contributed by atoms with Gasteiger partial charge in [0, 0.05) is 32.8 Å². The zero-order valence-corrected chi connectivity index (χ0v) is 11.9. The van der Waals surface area contributed by atoms with E-state index in [1.165, 1.54) is 32.4 Å². The van der Waals surface area contributed by atoms with Crippen LogP contribution < -0.4 is 11.1 Å². The van der Waals surface area contributed by atoms with Gasteiger partial charge in [-0.25, -0.2) is 17.7 Å². The van der Waals surface area contributed by atoms with Gasteiger partial charge in [-0.1, -0.05) is 6.92 Å². The summed E-state index contributed by atoms with van der Waals surface area (Å²) in [6, 6.07) is 2.89. The molecule has 0 aliphatic carbocycles. The fourth-order valence-corrected chi connectivity index (χ4v) is 2.93. The van der Waals surface area contributed by atoms with E-state index in [2.05, 4.69) is 10.3 Å². The lowest BCUT2D eigenvalue weighted by Gasteiger charge is -2.20. The van der Waals surface area contributed by atoms with E-state index >= 15 is 0 Å². The minimum absolute atomic E-state index is 0.0538. The molecule has 0 aromatic carbocycles. The molecule has 1 atom stereocenters. The molecule has 0 bridgehead atoms. The summed E-state index contributed by atoms with van der Waals surface area (Å²) in [7, 11) is -0.830. The highest BCUT2D eigenvalue weighted by molar-refractivity contribution is 7.89. The lowest BCUT2D eigenvalue weighted by atomic mass is 10.2. The summed E-state index contributed by atoms with van der Waals surface area (Å²) >= 11 is 0. The number of rotatable bonds is 5. The van der Waals surface area contributed by atoms with Gasteiger partial charge in [0.2, 0.25) is 15.9 Å². The Morgan fingerprint density at radius 2 is 2.21 bits per heavy atom. The molecule has 0 aliphatic heterocycles. The van der Waals surface area contributed by atoms with Gasteiger partial charge in [-0.2, -0.15) is 0 Å². The predicted molar refractivity (Wildman–Crippen MR) is 71.7 cm³/mol. The number of carbonyl (C=O) groups excluding carboxylic acids is 1. The number of hydrogen-bond acceptors (Lipinski definition) is 5. The Balaban J connectivity index is 2.96. The largest absolute Gasteiger partial charge is 0.383 e. The number of pyridine rings is 1. The topological polar surface area (TPSA) is 105 Å². The summed E-state index contributed by atoms with van der Waals surface area (Å²) in [5, 5.41) is 2.48. The average Bonchev–Trinajstić information content (AvgIpc) is 2.37. The zero-order valence-electron chi connectivity index (χ0n) is 11.1. The third-order valence-corrected chi connectivity index (χ3v) is 4.58. The molecule has 1 aromatic rings. The molecule has 7 nitrogen and oxygen atoms in total. The number of amides is 1. The number of anilines is 1. The van der Waals surface area contributed by atoms with Crippen molar-refractivity contribution in [2.45, 2.75) is 11.8 Å². The summed E-state index contributed by atoms with van der Waals surface area (Å²) in [6.07, 6.45) is 1.42. The molecule has 0 saturated carbocycles. The molecule has 3 N–H and O–H groups in total. The van der Waals surface area contributed by atoms with Gasteiger partial charge in [0.05, 0.1) is 0 Å². The molecule has 0 fully saturated rings. The predicted octanol–water partition coefficient (Wildman–Crippen LogP) is -0.334. The third-order valence-electron chi connectivity index (χ3n) is 2.71. The molecule has 8 heteroatoms. The minimum Gasteiger partial charge on any atom is -0.383 e. The number of nitrogens with zero attached hydrogens (tertiary/aromatic N) is 2. The molecule has 1 aromatic heterocycles. The van der Waals surface area contributed by atoms with E-state index in [0.29, 0.717) is 0 Å². The SMILES string of the molecule is CNC(=O)C(C)CN(C)S(=O)(=O)c1cccnc1N. The smallest absolute Gasteiger partial charge is 0.246 e. The second-order valence-corrected chi connectivity index (χ2v) is 6.20. The maximum atomic E-state index is 12.3. The van der Waals surface area contributed by atoms with Crippen LogP contribution in [0.1, 0.15) is 6.92 Å². The molecule has 1 heterocycles. The minimum atomic E-state index is -3.74. The van der Waals surface area contributed by atoms with E-state index in [9.17, 15) is 13.2 Å². The highest BCUT2D eigenvalue weighted by Crippen LogP contribution is 2.19. The number of aromatic nitrogens is 1. The maximum Gasteiger partial charge on any atom is 0.246 e. The van der Waals surface area contributed by atoms with Crippen molar-refractivity contribution in [3.05, 3.63) is 18.3 Å². The van der Waals surface area contributed by atoms with Crippen molar-refractivity contribution in [2.24, 2.45) is 5.92 Å². The van der Waals surface area contributed by atoms with E-state index < -0.39 is 15.9 Å². The first kappa shape index (κ1) is 15.4. The summed E-state index contributed by atoms with van der Waals surface area (Å²) < 4.78 is 25.6. The highest BCUT2D eigenvalue weighted by Gasteiger charge is 2.26. The van der Waals surface area contributed by atoms with E-state index in [4.69, 9.17) is 5.73 Å². The quantitative estimate of drug-likeness (QED) is 0.771. The number of nitrogens with one attached hydrogen (secondary N) is 1. The summed E-state index contributed by atoms with van der Waals surface area (Å²) in [5.41, 5.74) is 5.57. The van der Waals surface area contributed by atoms with Gasteiger partial charge in [-0.3, -0.25) is 4.79 Å². The van der Waals surface area contributed by atoms with Crippen LogP contribution in [0.4, 0.5) is 5.82 Å². The van der Waals surface area contributed by atoms with Crippen LogP contribution in [0.5, 0.6) is 0 Å². The Kier molecular flexibility index (Phi) is 4.84. The van der Waals surface area contributed by atoms with Crippen LogP contribution in [0.2, 0.25) is 0 Å². The van der Waals surface area contributed by atoms with Crippen LogP contribution >= 0.6 is 0 Å². The summed E-state index contributed by atoms with van der Waals surface area (Å²) in [4.78, 5) is 15.1. The average molecular weight is 286 g/mol. The Bertz CT molecular complexity index is 559. The van der Waals surface area contributed by atoms with Crippen LogP contribution in [0.15, 0.2) is 23.2 Å². The summed E-state index contributed by atoms with van der Waals surface area (Å²) in [6.45, 7) is 1.72. The van der Waals surface area contributed by atoms with Gasteiger partial charge in [0.1, 0.15) is 10.7 Å². The first-order valence-corrected chi connectivity index (χ1v) is 7.13. The number of hydrogen-bond donors (Lipinski definition) is 2. The van der Waals surface area contributed by atoms with Crippen molar-refractivity contribution < 1.29 is 13.2 Å². The van der Waals surface area contributed by atoms with Crippen molar-refractivity contribution in [2.75, 3.05) is 26.4 Å². The van der Waals surface area contributed by atoms with E-state index in [0.717, 1.165) is 4.31 Å². The van der Waals surface area contributed by atoms with Crippen LogP contribution in [0.3, 0.4) is 0 Å². The van der Waals surface area contributed by atoms with Crippen LogP contribution in [0, 0.1) is 5.92 Å². The fourth-order valence-electron chi connectivity index (χ4n) is 1.60. The maximum absolute atomic E-state index is 12.3. The van der Waals surface area contributed by atoms with Gasteiger partial charge in [0.15, 0.2) is 0 Å². The monoisotopic (exact) mass is 286 g/mol. The molecule has 19 heavy (non-hydrogen) atoms. The van der Waals surface area contributed by atoms with Crippen LogP contribution in [0.25, 0.3) is 0 Å². The first-order chi connectivity index (χ1) is 8.80. The third kappa shape index (κ3) is 3.42. The Hall–Kier alpha value is -1.67.